The minimum atomic E-state index is -0.293. The number of nitrogens with zero attached hydrogens (tertiary/aromatic N) is 1. The molecule has 0 unspecified atom stereocenters. The fourth-order valence-electron chi connectivity index (χ4n) is 1.11. The molecule has 2 N–H and O–H groups in total. The molecule has 1 rings (SSSR count). The van der Waals surface area contributed by atoms with Gasteiger partial charge in [0, 0.05) is 0 Å². The van der Waals surface area contributed by atoms with Crippen LogP contribution in [-0.2, 0) is 4.74 Å². The quantitative estimate of drug-likeness (QED) is 0.536. The molecule has 0 atom stereocenters. The Hall–Kier alpha value is -0.590. The second kappa shape index (κ2) is 3.00. The van der Waals surface area contributed by atoms with Crippen LogP contribution >= 0.6 is 0 Å². The van der Waals surface area contributed by atoms with Gasteiger partial charge in [0.2, 0.25) is 5.54 Å². The molecule has 0 radical (unpaired) electrons. The van der Waals surface area contributed by atoms with Gasteiger partial charge in [0.05, 0.1) is 32.6 Å². The van der Waals surface area contributed by atoms with Crippen molar-refractivity contribution in [1.82, 2.24) is 0 Å². The standard InChI is InChI=1S/C7H12N2O/c1-9-7(6-8)2-4-10-5-3-7/h2-6,8H2. The topological polar surface area (TPSA) is 39.6 Å². The maximum Gasteiger partial charge on any atom is 0.249 e. The Morgan fingerprint density at radius 3 is 2.40 bits per heavy atom. The smallest absolute Gasteiger partial charge is 0.249 e. The van der Waals surface area contributed by atoms with Gasteiger partial charge in [-0.2, -0.15) is 0 Å². The van der Waals surface area contributed by atoms with Gasteiger partial charge in [0.25, 0.3) is 0 Å². The van der Waals surface area contributed by atoms with E-state index in [2.05, 4.69) is 4.85 Å². The van der Waals surface area contributed by atoms with Crippen LogP contribution in [0.25, 0.3) is 4.85 Å². The van der Waals surface area contributed by atoms with Gasteiger partial charge in [-0.25, -0.2) is 6.57 Å². The van der Waals surface area contributed by atoms with Crippen molar-refractivity contribution >= 4 is 0 Å². The first kappa shape index (κ1) is 7.52. The summed E-state index contributed by atoms with van der Waals surface area (Å²) in [7, 11) is 0. The van der Waals surface area contributed by atoms with Crippen molar-refractivity contribution in [3.63, 3.8) is 0 Å². The molecule has 0 spiro atoms. The minimum Gasteiger partial charge on any atom is -0.381 e. The lowest BCUT2D eigenvalue weighted by Gasteiger charge is -2.24. The molecule has 3 heteroatoms. The first-order valence-electron chi connectivity index (χ1n) is 3.49. The normalized spacial score (nSPS) is 23.6. The molecule has 1 heterocycles. The van der Waals surface area contributed by atoms with Crippen molar-refractivity contribution < 1.29 is 4.74 Å². The SMILES string of the molecule is [C-]#[N+]C1(CN)CCOCC1. The van der Waals surface area contributed by atoms with Gasteiger partial charge >= 0.3 is 0 Å². The van der Waals surface area contributed by atoms with E-state index in [1.165, 1.54) is 0 Å². The molecule has 0 bridgehead atoms. The van der Waals surface area contributed by atoms with E-state index in [0.29, 0.717) is 19.8 Å². The zero-order valence-electron chi connectivity index (χ0n) is 5.97. The van der Waals surface area contributed by atoms with Crippen LogP contribution in [0.1, 0.15) is 12.8 Å². The molecule has 56 valence electrons. The minimum absolute atomic E-state index is 0.293. The third kappa shape index (κ3) is 1.28. The summed E-state index contributed by atoms with van der Waals surface area (Å²) in [5.74, 6) is 0. The highest BCUT2D eigenvalue weighted by atomic mass is 16.5. The molecule has 0 saturated carbocycles. The monoisotopic (exact) mass is 140 g/mol. The lowest BCUT2D eigenvalue weighted by Crippen LogP contribution is -2.39. The molecule has 1 fully saturated rings. The summed E-state index contributed by atoms with van der Waals surface area (Å²) in [5.41, 5.74) is 5.19. The summed E-state index contributed by atoms with van der Waals surface area (Å²) < 4.78 is 5.13. The summed E-state index contributed by atoms with van der Waals surface area (Å²) >= 11 is 0. The van der Waals surface area contributed by atoms with Gasteiger partial charge in [-0.15, -0.1) is 0 Å². The van der Waals surface area contributed by atoms with Crippen LogP contribution in [0.4, 0.5) is 0 Å². The van der Waals surface area contributed by atoms with Crippen LogP contribution in [0.5, 0.6) is 0 Å². The summed E-state index contributed by atoms with van der Waals surface area (Å²) in [6.07, 6.45) is 1.60. The number of hydrogen-bond donors (Lipinski definition) is 1. The van der Waals surface area contributed by atoms with Crippen molar-refractivity contribution in [3.8, 4) is 0 Å². The lowest BCUT2D eigenvalue weighted by atomic mass is 9.91. The first-order chi connectivity index (χ1) is 4.83. The summed E-state index contributed by atoms with van der Waals surface area (Å²) in [6, 6.07) is 0. The van der Waals surface area contributed by atoms with Crippen LogP contribution in [-0.4, -0.2) is 25.3 Å². The Morgan fingerprint density at radius 1 is 1.50 bits per heavy atom. The molecule has 0 aliphatic carbocycles. The fourth-order valence-corrected chi connectivity index (χ4v) is 1.11. The van der Waals surface area contributed by atoms with Gasteiger partial charge in [0.15, 0.2) is 0 Å². The van der Waals surface area contributed by atoms with E-state index in [1.807, 2.05) is 0 Å². The van der Waals surface area contributed by atoms with Crippen LogP contribution < -0.4 is 5.73 Å². The lowest BCUT2D eigenvalue weighted by molar-refractivity contribution is 0.0677. The molecular weight excluding hydrogens is 128 g/mol. The zero-order chi connectivity index (χ0) is 7.45. The van der Waals surface area contributed by atoms with Crippen molar-refractivity contribution in [2.24, 2.45) is 5.73 Å². The number of ether oxygens (including phenoxy) is 1. The second-order valence-electron chi connectivity index (χ2n) is 2.65. The highest BCUT2D eigenvalue weighted by Crippen LogP contribution is 2.23. The maximum absolute atomic E-state index is 6.93. The predicted octanol–water partition coefficient (Wildman–Crippen LogP) is 0.414. The van der Waals surface area contributed by atoms with E-state index in [-0.39, 0.29) is 5.54 Å². The summed E-state index contributed by atoms with van der Waals surface area (Å²) in [6.45, 7) is 8.79. The Bertz CT molecular complexity index is 144. The first-order valence-corrected chi connectivity index (χ1v) is 3.49. The Labute approximate surface area is 61.0 Å². The Balaban J connectivity index is 2.55. The van der Waals surface area contributed by atoms with Crippen molar-refractivity contribution in [2.75, 3.05) is 19.8 Å². The van der Waals surface area contributed by atoms with E-state index >= 15 is 0 Å². The van der Waals surface area contributed by atoms with E-state index in [0.717, 1.165) is 12.8 Å². The van der Waals surface area contributed by atoms with Crippen molar-refractivity contribution in [1.29, 1.82) is 0 Å². The van der Waals surface area contributed by atoms with E-state index < -0.39 is 0 Å². The average molecular weight is 140 g/mol. The highest BCUT2D eigenvalue weighted by Gasteiger charge is 2.36. The molecule has 3 nitrogen and oxygen atoms in total. The van der Waals surface area contributed by atoms with Gasteiger partial charge in [-0.05, 0) is 0 Å². The summed E-state index contributed by atoms with van der Waals surface area (Å²) in [4.78, 5) is 3.54. The summed E-state index contributed by atoms with van der Waals surface area (Å²) in [5, 5.41) is 0. The predicted molar refractivity (Wildman–Crippen MR) is 38.4 cm³/mol. The van der Waals surface area contributed by atoms with Crippen LogP contribution in [0.15, 0.2) is 0 Å². The van der Waals surface area contributed by atoms with E-state index in [1.54, 1.807) is 0 Å². The van der Waals surface area contributed by atoms with Crippen molar-refractivity contribution in [2.45, 2.75) is 18.4 Å². The van der Waals surface area contributed by atoms with Gasteiger partial charge in [-0.3, -0.25) is 0 Å². The zero-order valence-corrected chi connectivity index (χ0v) is 5.97. The van der Waals surface area contributed by atoms with Gasteiger partial charge in [0.1, 0.15) is 0 Å². The fraction of sp³-hybridized carbons (Fsp3) is 0.857. The van der Waals surface area contributed by atoms with Crippen molar-refractivity contribution in [3.05, 3.63) is 11.4 Å². The molecule has 0 aromatic rings. The molecule has 10 heavy (non-hydrogen) atoms. The van der Waals surface area contributed by atoms with Crippen LogP contribution in [0.2, 0.25) is 0 Å². The molecule has 0 amide bonds. The largest absolute Gasteiger partial charge is 0.381 e. The third-order valence-corrected chi connectivity index (χ3v) is 2.04. The molecule has 0 aromatic carbocycles. The molecular formula is C7H12N2O. The van der Waals surface area contributed by atoms with E-state index in [9.17, 15) is 0 Å². The Kier molecular flexibility index (Phi) is 2.25. The number of hydrogen-bond acceptors (Lipinski definition) is 2. The Morgan fingerprint density at radius 2 is 2.10 bits per heavy atom. The number of nitrogens with two attached hydrogens (primary N) is 1. The molecule has 1 saturated heterocycles. The molecule has 0 aromatic heterocycles. The van der Waals surface area contributed by atoms with Crippen LogP contribution in [0, 0.1) is 6.57 Å². The van der Waals surface area contributed by atoms with Gasteiger partial charge in [-0.1, -0.05) is 0 Å². The maximum atomic E-state index is 6.93. The van der Waals surface area contributed by atoms with Crippen LogP contribution in [0.3, 0.4) is 0 Å². The second-order valence-corrected chi connectivity index (χ2v) is 2.65. The average Bonchev–Trinajstić information content (AvgIpc) is 2.06. The highest BCUT2D eigenvalue weighted by molar-refractivity contribution is 5.00. The third-order valence-electron chi connectivity index (χ3n) is 2.04. The van der Waals surface area contributed by atoms with Gasteiger partial charge < -0.3 is 15.3 Å². The molecule has 1 aliphatic rings. The molecule has 1 aliphatic heterocycles. The van der Waals surface area contributed by atoms with E-state index in [4.69, 9.17) is 17.0 Å². The number of rotatable bonds is 1.